The third kappa shape index (κ3) is 3.36. The first-order valence-corrected chi connectivity index (χ1v) is 17.4. The molecule has 50 heavy (non-hydrogen) atoms. The molecule has 0 aromatic heterocycles. The van der Waals surface area contributed by atoms with Gasteiger partial charge in [-0.15, -0.1) is 0 Å². The van der Waals surface area contributed by atoms with Crippen LogP contribution in [0, 0.1) is 0 Å². The normalized spacial score (nSPS) is 12.5. The molecule has 0 unspecified atom stereocenters. The molecule has 0 amide bonds. The van der Waals surface area contributed by atoms with Gasteiger partial charge < -0.3 is 4.74 Å². The van der Waals surface area contributed by atoms with Crippen LogP contribution >= 0.6 is 0 Å². The molecule has 11 aromatic rings. The number of hydrogen-bond acceptors (Lipinski definition) is 1. The molecule has 0 heterocycles. The van der Waals surface area contributed by atoms with Crippen molar-refractivity contribution in [2.45, 2.75) is 0 Å². The number of rotatable bonds is 2. The van der Waals surface area contributed by atoms with E-state index < -0.39 is 0 Å². The molecule has 0 bridgehead atoms. The fourth-order valence-electron chi connectivity index (χ4n) is 9.27. The highest BCUT2D eigenvalue weighted by atomic mass is 16.5. The van der Waals surface area contributed by atoms with E-state index in [1.807, 2.05) is 12.1 Å². The Morgan fingerprint density at radius 1 is 0.300 bits per heavy atom. The van der Waals surface area contributed by atoms with Crippen LogP contribution < -0.4 is 4.74 Å². The van der Waals surface area contributed by atoms with Crippen molar-refractivity contribution in [3.05, 3.63) is 152 Å². The second-order valence-corrected chi connectivity index (χ2v) is 14.0. The van der Waals surface area contributed by atoms with Crippen LogP contribution in [0.5, 0.6) is 5.75 Å². The van der Waals surface area contributed by atoms with E-state index in [0.29, 0.717) is 0 Å². The number of ether oxygens (including phenoxy) is 1. The van der Waals surface area contributed by atoms with E-state index in [-0.39, 0.29) is 0 Å². The first-order valence-electron chi connectivity index (χ1n) is 17.4. The van der Waals surface area contributed by atoms with Gasteiger partial charge in [-0.05, 0) is 169 Å². The average molecular weight is 633 g/mol. The van der Waals surface area contributed by atoms with Crippen molar-refractivity contribution in [1.29, 1.82) is 0 Å². The standard InChI is InChI=1S/C49H28O/c1-50-46-12-5-4-11-35(46)31-16-17-36-38(21-31)41-19-29-7-2-3-8-30(29)20-42(41)43-25-34-24-40-37-18-15-28-14-13-27-9-6-10-32-22-45(49(37)48(28)47(27)32)44(40)26-33(34)23-39(36)43/h2-26H,1H3. The van der Waals surface area contributed by atoms with Crippen LogP contribution in [0.4, 0.5) is 0 Å². The van der Waals surface area contributed by atoms with Gasteiger partial charge in [0, 0.05) is 5.56 Å². The fourth-order valence-corrected chi connectivity index (χ4v) is 9.27. The maximum atomic E-state index is 5.79. The molecule has 0 fully saturated rings. The van der Waals surface area contributed by atoms with Gasteiger partial charge in [0.2, 0.25) is 0 Å². The molecule has 0 spiro atoms. The molecule has 1 nitrogen and oxygen atoms in total. The summed E-state index contributed by atoms with van der Waals surface area (Å²) in [6.45, 7) is 0. The molecule has 0 N–H and O–H groups in total. The van der Waals surface area contributed by atoms with Gasteiger partial charge in [-0.3, -0.25) is 0 Å². The average Bonchev–Trinajstić information content (AvgIpc) is 3.48. The molecular formula is C49H28O. The number of methoxy groups -OCH3 is 1. The summed E-state index contributed by atoms with van der Waals surface area (Å²) in [5, 5.41) is 20.8. The van der Waals surface area contributed by atoms with Gasteiger partial charge in [-0.1, -0.05) is 97.1 Å². The zero-order valence-electron chi connectivity index (χ0n) is 27.3. The van der Waals surface area contributed by atoms with Gasteiger partial charge in [0.1, 0.15) is 5.75 Å². The van der Waals surface area contributed by atoms with E-state index in [9.17, 15) is 0 Å². The number of para-hydroxylation sites is 1. The summed E-state index contributed by atoms with van der Waals surface area (Å²) in [7, 11) is 1.75. The first kappa shape index (κ1) is 26.5. The van der Waals surface area contributed by atoms with E-state index in [2.05, 4.69) is 140 Å². The lowest BCUT2D eigenvalue weighted by Crippen LogP contribution is -1.89. The van der Waals surface area contributed by atoms with Gasteiger partial charge in [-0.2, -0.15) is 0 Å². The Kier molecular flexibility index (Phi) is 4.97. The Balaban J connectivity index is 1.19. The van der Waals surface area contributed by atoms with Crippen molar-refractivity contribution in [3.8, 4) is 39.1 Å². The van der Waals surface area contributed by atoms with E-state index >= 15 is 0 Å². The van der Waals surface area contributed by atoms with Crippen molar-refractivity contribution in [3.63, 3.8) is 0 Å². The minimum atomic E-state index is 0.886. The molecule has 0 saturated carbocycles. The van der Waals surface area contributed by atoms with Crippen molar-refractivity contribution in [1.82, 2.24) is 0 Å². The molecule has 0 aliphatic heterocycles. The van der Waals surface area contributed by atoms with Gasteiger partial charge in [0.25, 0.3) is 0 Å². The molecular weight excluding hydrogens is 605 g/mol. The number of benzene rings is 11. The molecule has 0 saturated heterocycles. The monoisotopic (exact) mass is 632 g/mol. The predicted molar refractivity (Wildman–Crippen MR) is 214 cm³/mol. The van der Waals surface area contributed by atoms with E-state index in [0.717, 1.165) is 16.9 Å². The van der Waals surface area contributed by atoms with Crippen molar-refractivity contribution < 1.29 is 4.74 Å². The largest absolute Gasteiger partial charge is 0.496 e. The highest BCUT2D eigenvalue weighted by Gasteiger charge is 2.25. The van der Waals surface area contributed by atoms with Crippen LogP contribution in [0.1, 0.15) is 0 Å². The van der Waals surface area contributed by atoms with Crippen molar-refractivity contribution in [2.24, 2.45) is 0 Å². The Hall–Kier alpha value is -6.44. The smallest absolute Gasteiger partial charge is 0.126 e. The summed E-state index contributed by atoms with van der Waals surface area (Å²) in [4.78, 5) is 0. The van der Waals surface area contributed by atoms with Gasteiger partial charge in [0.15, 0.2) is 0 Å². The quantitative estimate of drug-likeness (QED) is 0.136. The molecule has 11 aromatic carbocycles. The highest BCUT2D eigenvalue weighted by Crippen LogP contribution is 2.53. The second kappa shape index (κ2) is 9.37. The van der Waals surface area contributed by atoms with Crippen molar-refractivity contribution in [2.75, 3.05) is 7.11 Å². The third-order valence-electron chi connectivity index (χ3n) is 11.5. The molecule has 0 radical (unpaired) electrons. The number of hydrogen-bond donors (Lipinski definition) is 0. The summed E-state index contributed by atoms with van der Waals surface area (Å²) >= 11 is 0. The summed E-state index contributed by atoms with van der Waals surface area (Å²) in [5.41, 5.74) is 7.63. The van der Waals surface area contributed by atoms with E-state index in [1.165, 1.54) is 108 Å². The second-order valence-electron chi connectivity index (χ2n) is 14.0. The topological polar surface area (TPSA) is 9.23 Å². The highest BCUT2D eigenvalue weighted by molar-refractivity contribution is 6.33. The van der Waals surface area contributed by atoms with E-state index in [4.69, 9.17) is 4.74 Å². The molecule has 0 atom stereocenters. The molecule has 12 rings (SSSR count). The third-order valence-corrected chi connectivity index (χ3v) is 11.5. The Morgan fingerprint density at radius 3 is 1.62 bits per heavy atom. The summed E-state index contributed by atoms with van der Waals surface area (Å²) in [6, 6.07) is 56.9. The minimum absolute atomic E-state index is 0.886. The maximum absolute atomic E-state index is 5.79. The lowest BCUT2D eigenvalue weighted by molar-refractivity contribution is 0.416. The van der Waals surface area contributed by atoms with Crippen LogP contribution in [0.15, 0.2) is 152 Å². The summed E-state index contributed by atoms with van der Waals surface area (Å²) in [6.07, 6.45) is 0. The lowest BCUT2D eigenvalue weighted by Gasteiger charge is -2.16. The van der Waals surface area contributed by atoms with Crippen LogP contribution in [0.3, 0.4) is 0 Å². The summed E-state index contributed by atoms with van der Waals surface area (Å²) < 4.78 is 5.79. The maximum Gasteiger partial charge on any atom is 0.126 e. The van der Waals surface area contributed by atoms with Crippen LogP contribution in [0.2, 0.25) is 0 Å². The fraction of sp³-hybridized carbons (Fsp3) is 0.0204. The van der Waals surface area contributed by atoms with Gasteiger partial charge in [-0.25, -0.2) is 0 Å². The Labute approximate surface area is 287 Å². The molecule has 1 aliphatic rings. The van der Waals surface area contributed by atoms with Crippen LogP contribution in [0.25, 0.3) is 120 Å². The zero-order chi connectivity index (χ0) is 32.7. The SMILES string of the molecule is COc1ccccc1-c1ccc2c(c1)c1cc3ccccc3cc1c1cc3cc4c(cc3cc21)-c1cc2cccc3ccc5ccc-4c1c5c32. The molecule has 230 valence electrons. The first-order chi connectivity index (χ1) is 24.7. The lowest BCUT2D eigenvalue weighted by atomic mass is 9.88. The molecule has 1 aliphatic carbocycles. The van der Waals surface area contributed by atoms with Gasteiger partial charge in [0.05, 0.1) is 7.11 Å². The minimum Gasteiger partial charge on any atom is -0.496 e. The summed E-state index contributed by atoms with van der Waals surface area (Å²) in [5.74, 6) is 0.886. The van der Waals surface area contributed by atoms with Crippen molar-refractivity contribution >= 4 is 86.2 Å². The van der Waals surface area contributed by atoms with E-state index in [1.54, 1.807) is 7.11 Å². The van der Waals surface area contributed by atoms with Crippen LogP contribution in [-0.2, 0) is 0 Å². The van der Waals surface area contributed by atoms with Gasteiger partial charge >= 0.3 is 0 Å². The number of fused-ring (bicyclic) bond motifs is 11. The zero-order valence-corrected chi connectivity index (χ0v) is 27.3. The van der Waals surface area contributed by atoms with Crippen LogP contribution in [-0.4, -0.2) is 7.11 Å². The Bertz CT molecular complexity index is 3290. The molecule has 1 heteroatoms. The predicted octanol–water partition coefficient (Wildman–Crippen LogP) is 13.7. The Morgan fingerprint density at radius 2 is 0.860 bits per heavy atom.